The van der Waals surface area contributed by atoms with Crippen molar-refractivity contribution >= 4 is 69.7 Å². The molecule has 9 rings (SSSR count). The summed E-state index contributed by atoms with van der Waals surface area (Å²) in [6.45, 7) is 14.2. The lowest BCUT2D eigenvalue weighted by atomic mass is 9.94. The summed E-state index contributed by atoms with van der Waals surface area (Å²) in [5.74, 6) is 0.333. The van der Waals surface area contributed by atoms with E-state index in [1.165, 1.54) is 5.56 Å². The maximum absolute atomic E-state index is 12.9. The molecule has 1 atom stereocenters. The number of aromatic nitrogens is 3. The van der Waals surface area contributed by atoms with Gasteiger partial charge in [0.25, 0.3) is 5.91 Å². The molecule has 372 valence electrons. The minimum atomic E-state index is -0.644. The number of carbonyl (C=O) groups excluding carboxylic acids is 1. The second-order valence-electron chi connectivity index (χ2n) is 18.6. The molecule has 0 spiro atoms. The number of hydrogen-bond acceptors (Lipinski definition) is 9. The molecular weight excluding hydrogens is 959 g/mol. The van der Waals surface area contributed by atoms with Crippen LogP contribution in [0.2, 0.25) is 15.1 Å². The summed E-state index contributed by atoms with van der Waals surface area (Å²) in [5, 5.41) is 19.8. The van der Waals surface area contributed by atoms with Crippen LogP contribution in [0.25, 0.3) is 34.0 Å². The number of fused-ring (bicyclic) bond motifs is 3. The number of nitrogens with zero attached hydrogens (tertiary/aromatic N) is 6. The first kappa shape index (κ1) is 52.4. The Hall–Kier alpha value is -5.95. The first-order chi connectivity index (χ1) is 34.9. The molecule has 1 aliphatic carbocycles. The summed E-state index contributed by atoms with van der Waals surface area (Å²) in [4.78, 5) is 33.2. The monoisotopic (exact) mass is 1020 g/mol. The number of aliphatic hydroxyl groups is 1. The van der Waals surface area contributed by atoms with Crippen LogP contribution in [0.1, 0.15) is 89.4 Å². The first-order valence-corrected chi connectivity index (χ1v) is 26.0. The van der Waals surface area contributed by atoms with Gasteiger partial charge in [0.15, 0.2) is 0 Å². The van der Waals surface area contributed by atoms with Gasteiger partial charge < -0.3 is 25.5 Å². The van der Waals surface area contributed by atoms with E-state index in [9.17, 15) is 9.90 Å². The number of anilines is 3. The Kier molecular flexibility index (Phi) is 18.3. The molecule has 72 heavy (non-hydrogen) atoms. The summed E-state index contributed by atoms with van der Waals surface area (Å²) in [5.41, 5.74) is 13.2. The summed E-state index contributed by atoms with van der Waals surface area (Å²) in [6, 6.07) is 37.0. The van der Waals surface area contributed by atoms with Crippen LogP contribution >= 0.6 is 34.8 Å². The predicted octanol–water partition coefficient (Wildman–Crippen LogP) is 13.7. The average molecular weight is 1020 g/mol. The van der Waals surface area contributed by atoms with Crippen molar-refractivity contribution < 1.29 is 9.90 Å². The minimum absolute atomic E-state index is 0.143. The number of aliphatic hydroxyl groups excluding tert-OH is 1. The van der Waals surface area contributed by atoms with Crippen molar-refractivity contribution in [1.82, 2.24) is 29.7 Å². The van der Waals surface area contributed by atoms with Gasteiger partial charge in [-0.05, 0) is 175 Å². The summed E-state index contributed by atoms with van der Waals surface area (Å²) < 4.78 is 0. The highest BCUT2D eigenvalue weighted by molar-refractivity contribution is 6.32. The van der Waals surface area contributed by atoms with Crippen molar-refractivity contribution in [2.45, 2.75) is 59.1 Å². The standard InChI is InChI=1S/C30H32Cl3NO.C29H31N7O/c1-3-5-13-34(14-6-4-2)19-29(35)28-18-23(33)17-27-25(15-20-7-9-21(31)10-8-20)26-16-22(32)11-12-24(26)30(27)28;1-21-5-10-25(18-27(21)34-29-31-13-11-26(33-29)24-4-3-12-30-19-24)32-28(37)23-8-6-22(7-9-23)20-36-16-14-35(2)15-17-36/h7-12,15-18,29,35H,3-6,13-14,19H2,1-2H3;3-13,18-19H,14-17,20H2,1-2H3,(H,32,37)(H,31,33,34)/b25-15-;. The second kappa shape index (κ2) is 25.1. The fraction of sp³-hybridized carbons (Fsp3) is 0.288. The van der Waals surface area contributed by atoms with Gasteiger partial charge in [-0.3, -0.25) is 14.7 Å². The van der Waals surface area contributed by atoms with Crippen LogP contribution in [0.3, 0.4) is 0 Å². The van der Waals surface area contributed by atoms with Gasteiger partial charge in [0, 0.05) is 95.4 Å². The largest absolute Gasteiger partial charge is 0.387 e. The number of likely N-dealkylation sites (N-methyl/N-ethyl adjacent to an activating group) is 1. The minimum Gasteiger partial charge on any atom is -0.387 e. The number of unbranched alkanes of at least 4 members (excludes halogenated alkanes) is 2. The fourth-order valence-electron chi connectivity index (χ4n) is 9.07. The molecular formula is C59H63Cl3N8O2. The zero-order valence-electron chi connectivity index (χ0n) is 41.5. The predicted molar refractivity (Wildman–Crippen MR) is 298 cm³/mol. The molecule has 2 aliphatic rings. The number of piperazine rings is 1. The lowest BCUT2D eigenvalue weighted by molar-refractivity contribution is 0.102. The van der Waals surface area contributed by atoms with E-state index in [2.05, 4.69) is 73.3 Å². The first-order valence-electron chi connectivity index (χ1n) is 24.9. The smallest absolute Gasteiger partial charge is 0.255 e. The summed E-state index contributed by atoms with van der Waals surface area (Å²) >= 11 is 19.2. The van der Waals surface area contributed by atoms with Crippen molar-refractivity contribution in [2.24, 2.45) is 0 Å². The Bertz CT molecular complexity index is 2950. The number of carbonyl (C=O) groups is 1. The SMILES string of the molecule is CCCCN(CCCC)CC(O)c1cc(Cl)cc2c1-c1ccc(Cl)cc1/C2=C/c1ccc(Cl)cc1.Cc1ccc(NC(=O)c2ccc(CN3CCN(C)CC3)cc2)cc1Nc1nccc(-c2cccnc2)n1. The third-order valence-electron chi connectivity index (χ3n) is 13.2. The molecule has 1 amide bonds. The number of halogens is 3. The lowest BCUT2D eigenvalue weighted by Gasteiger charge is -2.32. The quantitative estimate of drug-likeness (QED) is 0.0821. The van der Waals surface area contributed by atoms with Gasteiger partial charge >= 0.3 is 0 Å². The van der Waals surface area contributed by atoms with Crippen LogP contribution in [0.15, 0.2) is 134 Å². The number of rotatable bonds is 17. The Balaban J connectivity index is 0.000000193. The van der Waals surface area contributed by atoms with Gasteiger partial charge in [0.05, 0.1) is 11.8 Å². The molecule has 1 unspecified atom stereocenters. The molecule has 7 aromatic rings. The van der Waals surface area contributed by atoms with Crippen LogP contribution in [-0.2, 0) is 6.54 Å². The summed E-state index contributed by atoms with van der Waals surface area (Å²) in [6.07, 6.45) is 11.2. The molecule has 5 aromatic carbocycles. The Morgan fingerprint density at radius 1 is 0.792 bits per heavy atom. The van der Waals surface area contributed by atoms with Gasteiger partial charge in [0.1, 0.15) is 0 Å². The third kappa shape index (κ3) is 13.8. The van der Waals surface area contributed by atoms with Crippen molar-refractivity contribution in [3.8, 4) is 22.4 Å². The Labute approximate surface area is 439 Å². The van der Waals surface area contributed by atoms with Gasteiger partial charge in [-0.15, -0.1) is 0 Å². The van der Waals surface area contributed by atoms with E-state index in [4.69, 9.17) is 34.8 Å². The second-order valence-corrected chi connectivity index (χ2v) is 19.9. The van der Waals surface area contributed by atoms with Crippen molar-refractivity contribution in [3.05, 3.63) is 188 Å². The Morgan fingerprint density at radius 3 is 2.22 bits per heavy atom. The van der Waals surface area contributed by atoms with Gasteiger partial charge in [0.2, 0.25) is 5.95 Å². The number of aryl methyl sites for hydroxylation is 1. The van der Waals surface area contributed by atoms with Crippen LogP contribution in [-0.4, -0.2) is 93.5 Å². The maximum Gasteiger partial charge on any atom is 0.255 e. The maximum atomic E-state index is 12.9. The van der Waals surface area contributed by atoms with E-state index >= 15 is 0 Å². The highest BCUT2D eigenvalue weighted by Gasteiger charge is 2.30. The lowest BCUT2D eigenvalue weighted by Crippen LogP contribution is -2.43. The topological polar surface area (TPSA) is 110 Å². The van der Waals surface area contributed by atoms with Crippen LogP contribution in [0, 0.1) is 6.92 Å². The van der Waals surface area contributed by atoms with E-state index in [-0.39, 0.29) is 5.91 Å². The van der Waals surface area contributed by atoms with E-state index in [1.807, 2.05) is 116 Å². The molecule has 3 heterocycles. The molecule has 3 N–H and O–H groups in total. The normalized spacial score (nSPS) is 14.4. The van der Waals surface area contributed by atoms with E-state index in [0.29, 0.717) is 38.8 Å². The van der Waals surface area contributed by atoms with Crippen LogP contribution in [0.4, 0.5) is 17.3 Å². The zero-order chi connectivity index (χ0) is 50.6. The molecule has 0 saturated carbocycles. The zero-order valence-corrected chi connectivity index (χ0v) is 43.8. The molecule has 13 heteroatoms. The van der Waals surface area contributed by atoms with Crippen molar-refractivity contribution in [1.29, 1.82) is 0 Å². The van der Waals surface area contributed by atoms with Gasteiger partial charge in [-0.1, -0.05) is 97.9 Å². The number of hydrogen-bond donors (Lipinski definition) is 3. The number of pyridine rings is 1. The highest BCUT2D eigenvalue weighted by Crippen LogP contribution is 2.50. The van der Waals surface area contributed by atoms with Crippen LogP contribution < -0.4 is 10.6 Å². The number of amides is 1. The van der Waals surface area contributed by atoms with E-state index in [1.54, 1.807) is 18.6 Å². The Morgan fingerprint density at radius 2 is 1.51 bits per heavy atom. The number of benzene rings is 5. The summed E-state index contributed by atoms with van der Waals surface area (Å²) in [7, 11) is 2.16. The molecule has 0 bridgehead atoms. The molecule has 10 nitrogen and oxygen atoms in total. The molecule has 0 radical (unpaired) electrons. The average Bonchev–Trinajstić information content (AvgIpc) is 3.68. The van der Waals surface area contributed by atoms with E-state index in [0.717, 1.165) is 133 Å². The fourth-order valence-corrected chi connectivity index (χ4v) is 9.59. The van der Waals surface area contributed by atoms with E-state index < -0.39 is 6.10 Å². The molecule has 1 saturated heterocycles. The van der Waals surface area contributed by atoms with Gasteiger partial charge in [-0.2, -0.15) is 0 Å². The molecule has 1 aliphatic heterocycles. The number of nitrogens with one attached hydrogen (secondary N) is 2. The molecule has 2 aromatic heterocycles. The molecule has 1 fully saturated rings. The van der Waals surface area contributed by atoms with Crippen LogP contribution in [0.5, 0.6) is 0 Å². The third-order valence-corrected chi connectivity index (χ3v) is 13.9. The van der Waals surface area contributed by atoms with Crippen molar-refractivity contribution in [3.63, 3.8) is 0 Å². The van der Waals surface area contributed by atoms with Crippen molar-refractivity contribution in [2.75, 3.05) is 63.5 Å². The van der Waals surface area contributed by atoms with Gasteiger partial charge in [-0.25, -0.2) is 9.97 Å². The highest BCUT2D eigenvalue weighted by atomic mass is 35.5.